The second kappa shape index (κ2) is 7.17. The van der Waals surface area contributed by atoms with Gasteiger partial charge in [-0.1, -0.05) is 13.8 Å². The summed E-state index contributed by atoms with van der Waals surface area (Å²) in [5.74, 6) is 0.683. The summed E-state index contributed by atoms with van der Waals surface area (Å²) in [5, 5.41) is 2.71. The van der Waals surface area contributed by atoms with Gasteiger partial charge in [-0.2, -0.15) is 0 Å². The molecule has 78 valence electrons. The Labute approximate surface area is 83.5 Å². The number of hydrogen-bond donors (Lipinski definition) is 3. The first kappa shape index (κ1) is 12.7. The lowest BCUT2D eigenvalue weighted by Crippen LogP contribution is -2.44. The van der Waals surface area contributed by atoms with Crippen LogP contribution in [0.15, 0.2) is 0 Å². The molecule has 0 spiro atoms. The van der Waals surface area contributed by atoms with Gasteiger partial charge in [-0.3, -0.25) is 4.79 Å². The molecular weight excluding hydrogens is 188 g/mol. The van der Waals surface area contributed by atoms with E-state index in [9.17, 15) is 4.79 Å². The predicted molar refractivity (Wildman–Crippen MR) is 55.5 cm³/mol. The van der Waals surface area contributed by atoms with E-state index in [0.717, 1.165) is 18.5 Å². The fourth-order valence-electron chi connectivity index (χ4n) is 0.769. The zero-order chi connectivity index (χ0) is 10.3. The van der Waals surface area contributed by atoms with Crippen LogP contribution in [0.4, 0.5) is 0 Å². The van der Waals surface area contributed by atoms with Crippen molar-refractivity contribution in [3.63, 3.8) is 0 Å². The van der Waals surface area contributed by atoms with Crippen molar-refractivity contribution in [3.8, 4) is 0 Å². The number of amides is 1. The predicted octanol–water partition coefficient (Wildman–Crippen LogP) is 0.682. The van der Waals surface area contributed by atoms with Crippen LogP contribution < -0.4 is 11.1 Å². The van der Waals surface area contributed by atoms with Crippen molar-refractivity contribution >= 4 is 17.9 Å². The summed E-state index contributed by atoms with van der Waals surface area (Å²) in [5.41, 5.74) is 5.61. The Hall–Kier alpha value is -0.260. The SMILES string of the molecule is CC(C)C(N)C(=O)NCCCSO. The third-order valence-corrected chi connectivity index (χ3v) is 2.20. The Morgan fingerprint density at radius 2 is 2.23 bits per heavy atom. The standard InChI is InChI=1S/C8H18N2O2S/c1-6(2)7(9)8(11)10-4-3-5-13-12/h6-7,12H,3-5,9H2,1-2H3,(H,10,11). The van der Waals surface area contributed by atoms with E-state index in [4.69, 9.17) is 10.3 Å². The minimum Gasteiger partial charge on any atom is -0.355 e. The maximum absolute atomic E-state index is 11.2. The van der Waals surface area contributed by atoms with Crippen LogP contribution >= 0.6 is 12.0 Å². The van der Waals surface area contributed by atoms with Crippen LogP contribution in [0, 0.1) is 5.92 Å². The lowest BCUT2D eigenvalue weighted by molar-refractivity contribution is -0.123. The number of carbonyl (C=O) groups excluding carboxylic acids is 1. The maximum Gasteiger partial charge on any atom is 0.237 e. The van der Waals surface area contributed by atoms with Gasteiger partial charge >= 0.3 is 0 Å². The van der Waals surface area contributed by atoms with Crippen molar-refractivity contribution in [2.45, 2.75) is 26.3 Å². The minimum absolute atomic E-state index is 0.113. The average Bonchev–Trinajstić information content (AvgIpc) is 2.10. The van der Waals surface area contributed by atoms with Gasteiger partial charge in [-0.15, -0.1) is 0 Å². The molecule has 4 N–H and O–H groups in total. The molecule has 5 heteroatoms. The number of hydrogen-bond acceptors (Lipinski definition) is 4. The Morgan fingerprint density at radius 1 is 1.62 bits per heavy atom. The number of carbonyl (C=O) groups is 1. The fourth-order valence-corrected chi connectivity index (χ4v) is 1.04. The van der Waals surface area contributed by atoms with Gasteiger partial charge < -0.3 is 15.6 Å². The van der Waals surface area contributed by atoms with Crippen molar-refractivity contribution in [2.75, 3.05) is 12.3 Å². The summed E-state index contributed by atoms with van der Waals surface area (Å²) < 4.78 is 8.41. The van der Waals surface area contributed by atoms with Crippen molar-refractivity contribution < 1.29 is 9.35 Å². The van der Waals surface area contributed by atoms with Crippen molar-refractivity contribution in [2.24, 2.45) is 11.7 Å². The summed E-state index contributed by atoms with van der Waals surface area (Å²) in [6, 6.07) is -0.429. The molecule has 1 amide bonds. The molecule has 0 aromatic heterocycles. The third-order valence-electron chi connectivity index (χ3n) is 1.73. The highest BCUT2D eigenvalue weighted by Crippen LogP contribution is 1.98. The van der Waals surface area contributed by atoms with Crippen molar-refractivity contribution in [1.82, 2.24) is 5.32 Å². The molecule has 13 heavy (non-hydrogen) atoms. The van der Waals surface area contributed by atoms with Gasteiger partial charge in [0, 0.05) is 12.3 Å². The van der Waals surface area contributed by atoms with Gasteiger partial charge in [0.2, 0.25) is 5.91 Å². The lowest BCUT2D eigenvalue weighted by Gasteiger charge is -2.14. The fraction of sp³-hybridized carbons (Fsp3) is 0.875. The summed E-state index contributed by atoms with van der Waals surface area (Å²) >= 11 is 0.785. The van der Waals surface area contributed by atoms with E-state index in [1.165, 1.54) is 0 Å². The van der Waals surface area contributed by atoms with E-state index in [2.05, 4.69) is 5.32 Å². The maximum atomic E-state index is 11.2. The Kier molecular flexibility index (Phi) is 7.03. The molecular formula is C8H18N2O2S. The zero-order valence-corrected chi connectivity index (χ0v) is 8.93. The lowest BCUT2D eigenvalue weighted by atomic mass is 10.1. The molecule has 0 aromatic rings. The molecule has 0 saturated heterocycles. The van der Waals surface area contributed by atoms with E-state index in [-0.39, 0.29) is 11.8 Å². The van der Waals surface area contributed by atoms with E-state index < -0.39 is 6.04 Å². The second-order valence-corrected chi connectivity index (χ2v) is 3.91. The first-order valence-corrected chi connectivity index (χ1v) is 5.33. The molecule has 0 bridgehead atoms. The van der Waals surface area contributed by atoms with E-state index in [0.29, 0.717) is 12.3 Å². The molecule has 0 saturated carbocycles. The van der Waals surface area contributed by atoms with Gasteiger partial charge in [0.15, 0.2) is 0 Å². The number of rotatable bonds is 6. The molecule has 4 nitrogen and oxygen atoms in total. The van der Waals surface area contributed by atoms with Crippen LogP contribution in [0.2, 0.25) is 0 Å². The first-order chi connectivity index (χ1) is 6.09. The van der Waals surface area contributed by atoms with E-state index in [1.807, 2.05) is 13.8 Å². The van der Waals surface area contributed by atoms with Gasteiger partial charge in [-0.25, -0.2) is 0 Å². The highest BCUT2D eigenvalue weighted by Gasteiger charge is 2.15. The van der Waals surface area contributed by atoms with E-state index in [1.54, 1.807) is 0 Å². The van der Waals surface area contributed by atoms with Crippen LogP contribution in [0.5, 0.6) is 0 Å². The molecule has 0 aliphatic carbocycles. The van der Waals surface area contributed by atoms with Crippen molar-refractivity contribution in [3.05, 3.63) is 0 Å². The topological polar surface area (TPSA) is 75.4 Å². The smallest absolute Gasteiger partial charge is 0.237 e. The molecule has 0 fully saturated rings. The van der Waals surface area contributed by atoms with Gasteiger partial charge in [0.25, 0.3) is 0 Å². The van der Waals surface area contributed by atoms with Crippen LogP contribution in [-0.2, 0) is 4.79 Å². The highest BCUT2D eigenvalue weighted by molar-refractivity contribution is 7.93. The quantitative estimate of drug-likeness (QED) is 0.441. The van der Waals surface area contributed by atoms with Crippen LogP contribution in [0.3, 0.4) is 0 Å². The van der Waals surface area contributed by atoms with Crippen molar-refractivity contribution in [1.29, 1.82) is 0 Å². The second-order valence-electron chi connectivity index (χ2n) is 3.25. The van der Waals surface area contributed by atoms with Crippen LogP contribution in [-0.4, -0.2) is 28.8 Å². The van der Waals surface area contributed by atoms with Gasteiger partial charge in [-0.05, 0) is 24.4 Å². The van der Waals surface area contributed by atoms with Gasteiger partial charge in [0.05, 0.1) is 6.04 Å². The molecule has 1 unspecified atom stereocenters. The highest BCUT2D eigenvalue weighted by atomic mass is 32.2. The summed E-state index contributed by atoms with van der Waals surface area (Å²) in [6.45, 7) is 4.40. The number of nitrogens with one attached hydrogen (secondary N) is 1. The minimum atomic E-state index is -0.429. The summed E-state index contributed by atoms with van der Waals surface area (Å²) in [6.07, 6.45) is 0.762. The molecule has 0 aliphatic rings. The van der Waals surface area contributed by atoms with Gasteiger partial charge in [0.1, 0.15) is 0 Å². The Bertz CT molecular complexity index is 153. The van der Waals surface area contributed by atoms with Crippen LogP contribution in [0.1, 0.15) is 20.3 Å². The third kappa shape index (κ3) is 5.90. The molecule has 0 rings (SSSR count). The number of nitrogens with two attached hydrogens (primary N) is 1. The molecule has 0 aliphatic heterocycles. The van der Waals surface area contributed by atoms with Crippen LogP contribution in [0.25, 0.3) is 0 Å². The summed E-state index contributed by atoms with van der Waals surface area (Å²) in [4.78, 5) is 11.2. The Balaban J connectivity index is 3.50. The Morgan fingerprint density at radius 3 is 2.69 bits per heavy atom. The van der Waals surface area contributed by atoms with E-state index >= 15 is 0 Å². The largest absolute Gasteiger partial charge is 0.355 e. The normalized spacial score (nSPS) is 13.0. The molecule has 1 atom stereocenters. The molecule has 0 heterocycles. The first-order valence-electron chi connectivity index (χ1n) is 4.39. The molecule has 0 radical (unpaired) electrons. The average molecular weight is 206 g/mol. The molecule has 0 aromatic carbocycles. The monoisotopic (exact) mass is 206 g/mol. The summed E-state index contributed by atoms with van der Waals surface area (Å²) in [7, 11) is 0. The zero-order valence-electron chi connectivity index (χ0n) is 8.12.